The van der Waals surface area contributed by atoms with Crippen LogP contribution < -0.4 is 10.6 Å². The molecule has 1 aromatic heterocycles. The van der Waals surface area contributed by atoms with Gasteiger partial charge in [-0.1, -0.05) is 26.2 Å². The van der Waals surface area contributed by atoms with E-state index in [2.05, 4.69) is 32.7 Å². The summed E-state index contributed by atoms with van der Waals surface area (Å²) in [5.74, 6) is 2.66. The van der Waals surface area contributed by atoms with Gasteiger partial charge in [0, 0.05) is 33.2 Å². The Kier molecular flexibility index (Phi) is 13.4. The summed E-state index contributed by atoms with van der Waals surface area (Å²) in [7, 11) is 1.98. The van der Waals surface area contributed by atoms with Gasteiger partial charge in [0.2, 0.25) is 0 Å². The highest BCUT2D eigenvalue weighted by Crippen LogP contribution is 2.00. The summed E-state index contributed by atoms with van der Waals surface area (Å²) in [5.41, 5.74) is 0. The maximum atomic E-state index is 5.40. The molecule has 0 aromatic carbocycles. The Bertz CT molecular complexity index is 558. The minimum absolute atomic E-state index is 0. The molecule has 0 amide bonds. The second kappa shape index (κ2) is 15.0. The first kappa shape index (κ1) is 25.1. The SMILES string of the molecule is CCCCCCNC(=NCc1nnc(C)n1C)NCCCN1CCOCC1.I. The maximum Gasteiger partial charge on any atom is 0.191 e. The summed E-state index contributed by atoms with van der Waals surface area (Å²) in [6.45, 7) is 11.5. The van der Waals surface area contributed by atoms with Gasteiger partial charge in [0.1, 0.15) is 12.4 Å². The van der Waals surface area contributed by atoms with E-state index in [4.69, 9.17) is 9.73 Å². The van der Waals surface area contributed by atoms with Crippen LogP contribution >= 0.6 is 24.0 Å². The largest absolute Gasteiger partial charge is 0.379 e. The number of ether oxygens (including phenoxy) is 1. The zero-order valence-corrected chi connectivity index (χ0v) is 20.1. The third-order valence-electron chi connectivity index (χ3n) is 4.93. The van der Waals surface area contributed by atoms with E-state index < -0.39 is 0 Å². The van der Waals surface area contributed by atoms with Crippen LogP contribution in [0.2, 0.25) is 0 Å². The zero-order chi connectivity index (χ0) is 19.3. The number of rotatable bonds is 11. The van der Waals surface area contributed by atoms with Crippen molar-refractivity contribution in [3.05, 3.63) is 11.6 Å². The van der Waals surface area contributed by atoms with Gasteiger partial charge in [-0.3, -0.25) is 4.90 Å². The number of nitrogens with zero attached hydrogens (tertiary/aromatic N) is 5. The molecule has 8 nitrogen and oxygen atoms in total. The molecule has 0 spiro atoms. The summed E-state index contributed by atoms with van der Waals surface area (Å²) < 4.78 is 7.39. The van der Waals surface area contributed by atoms with E-state index >= 15 is 0 Å². The summed E-state index contributed by atoms with van der Waals surface area (Å²) in [5, 5.41) is 15.2. The fourth-order valence-electron chi connectivity index (χ4n) is 3.01. The van der Waals surface area contributed by atoms with Crippen molar-refractivity contribution in [1.82, 2.24) is 30.3 Å². The minimum atomic E-state index is 0. The van der Waals surface area contributed by atoms with Crippen molar-refractivity contribution >= 4 is 29.9 Å². The lowest BCUT2D eigenvalue weighted by Gasteiger charge is -2.26. The Morgan fingerprint density at radius 3 is 2.43 bits per heavy atom. The molecule has 1 fully saturated rings. The Labute approximate surface area is 186 Å². The van der Waals surface area contributed by atoms with Gasteiger partial charge in [-0.15, -0.1) is 34.2 Å². The van der Waals surface area contributed by atoms with Crippen LogP contribution in [0.5, 0.6) is 0 Å². The average molecular weight is 507 g/mol. The average Bonchev–Trinajstić information content (AvgIpc) is 3.01. The number of hydrogen-bond donors (Lipinski definition) is 2. The standard InChI is InChI=1S/C19H37N7O.HI/c1-4-5-6-7-9-20-19(22-16-18-24-23-17(2)25(18)3)21-10-8-11-26-12-14-27-15-13-26;/h4-16H2,1-3H3,(H2,20,21,22);1H. The molecular weight excluding hydrogens is 469 g/mol. The molecule has 0 atom stereocenters. The summed E-state index contributed by atoms with van der Waals surface area (Å²) in [6, 6.07) is 0. The molecule has 0 saturated carbocycles. The summed E-state index contributed by atoms with van der Waals surface area (Å²) in [4.78, 5) is 7.17. The first-order chi connectivity index (χ1) is 13.2. The first-order valence-electron chi connectivity index (χ1n) is 10.4. The van der Waals surface area contributed by atoms with Crippen molar-refractivity contribution in [3.63, 3.8) is 0 Å². The lowest BCUT2D eigenvalue weighted by Crippen LogP contribution is -2.41. The first-order valence-corrected chi connectivity index (χ1v) is 10.4. The number of unbranched alkanes of at least 4 members (excludes halogenated alkanes) is 3. The van der Waals surface area contributed by atoms with Crippen LogP contribution in [0.25, 0.3) is 0 Å². The van der Waals surface area contributed by atoms with E-state index in [1.807, 2.05) is 18.5 Å². The predicted octanol–water partition coefficient (Wildman–Crippen LogP) is 2.08. The van der Waals surface area contributed by atoms with Crippen LogP contribution in [0, 0.1) is 6.92 Å². The highest BCUT2D eigenvalue weighted by atomic mass is 127. The minimum Gasteiger partial charge on any atom is -0.379 e. The van der Waals surface area contributed by atoms with E-state index in [9.17, 15) is 0 Å². The number of aryl methyl sites for hydroxylation is 1. The molecule has 2 heterocycles. The molecule has 0 radical (unpaired) electrons. The molecule has 9 heteroatoms. The molecule has 162 valence electrons. The highest BCUT2D eigenvalue weighted by Gasteiger charge is 2.09. The fourth-order valence-corrected chi connectivity index (χ4v) is 3.01. The number of aromatic nitrogens is 3. The molecule has 1 saturated heterocycles. The Hall–Kier alpha value is -0.940. The fraction of sp³-hybridized carbons (Fsp3) is 0.842. The number of halogens is 1. The van der Waals surface area contributed by atoms with Gasteiger partial charge < -0.3 is 19.9 Å². The number of hydrogen-bond acceptors (Lipinski definition) is 5. The molecule has 0 unspecified atom stereocenters. The van der Waals surface area contributed by atoms with Gasteiger partial charge in [0.05, 0.1) is 13.2 Å². The van der Waals surface area contributed by atoms with E-state index in [1.165, 1.54) is 25.7 Å². The summed E-state index contributed by atoms with van der Waals surface area (Å²) in [6.07, 6.45) is 6.08. The molecule has 0 aliphatic carbocycles. The van der Waals surface area contributed by atoms with E-state index in [0.717, 1.165) is 70.0 Å². The Morgan fingerprint density at radius 2 is 1.79 bits per heavy atom. The van der Waals surface area contributed by atoms with Gasteiger partial charge in [0.25, 0.3) is 0 Å². The number of guanidine groups is 1. The Morgan fingerprint density at radius 1 is 1.07 bits per heavy atom. The van der Waals surface area contributed by atoms with E-state index in [-0.39, 0.29) is 24.0 Å². The number of morpholine rings is 1. The van der Waals surface area contributed by atoms with Crippen LogP contribution in [0.4, 0.5) is 0 Å². The van der Waals surface area contributed by atoms with Crippen molar-refractivity contribution in [2.45, 2.75) is 52.5 Å². The molecule has 2 N–H and O–H groups in total. The molecule has 0 bridgehead atoms. The number of nitrogens with one attached hydrogen (secondary N) is 2. The third kappa shape index (κ3) is 9.51. The van der Waals surface area contributed by atoms with Crippen LogP contribution in [0.15, 0.2) is 4.99 Å². The quantitative estimate of drug-likeness (QED) is 0.207. The van der Waals surface area contributed by atoms with Crippen molar-refractivity contribution in [3.8, 4) is 0 Å². The van der Waals surface area contributed by atoms with Crippen molar-refractivity contribution in [2.75, 3.05) is 45.9 Å². The highest BCUT2D eigenvalue weighted by molar-refractivity contribution is 14.0. The Balaban J connectivity index is 0.00000392. The molecule has 2 rings (SSSR count). The number of aliphatic imine (C=N–C) groups is 1. The molecule has 1 aliphatic heterocycles. The van der Waals surface area contributed by atoms with Crippen LogP contribution in [0.3, 0.4) is 0 Å². The smallest absolute Gasteiger partial charge is 0.191 e. The van der Waals surface area contributed by atoms with Gasteiger partial charge in [-0.2, -0.15) is 0 Å². The predicted molar refractivity (Wildman–Crippen MR) is 124 cm³/mol. The maximum absolute atomic E-state index is 5.40. The van der Waals surface area contributed by atoms with Crippen molar-refractivity contribution in [1.29, 1.82) is 0 Å². The molecular formula is C19H38IN7O. The van der Waals surface area contributed by atoms with Gasteiger partial charge >= 0.3 is 0 Å². The second-order valence-corrected chi connectivity index (χ2v) is 7.11. The lowest BCUT2D eigenvalue weighted by atomic mass is 10.2. The molecule has 28 heavy (non-hydrogen) atoms. The third-order valence-corrected chi connectivity index (χ3v) is 4.93. The van der Waals surface area contributed by atoms with Crippen LogP contribution in [-0.2, 0) is 18.3 Å². The van der Waals surface area contributed by atoms with Gasteiger partial charge in [-0.25, -0.2) is 4.99 Å². The monoisotopic (exact) mass is 507 g/mol. The van der Waals surface area contributed by atoms with Crippen molar-refractivity contribution in [2.24, 2.45) is 12.0 Å². The van der Waals surface area contributed by atoms with Gasteiger partial charge in [-0.05, 0) is 26.3 Å². The second-order valence-electron chi connectivity index (χ2n) is 7.11. The lowest BCUT2D eigenvalue weighted by molar-refractivity contribution is 0.0376. The van der Waals surface area contributed by atoms with E-state index in [0.29, 0.717) is 6.54 Å². The normalized spacial score (nSPS) is 15.3. The van der Waals surface area contributed by atoms with Crippen LogP contribution in [0.1, 0.15) is 50.7 Å². The van der Waals surface area contributed by atoms with E-state index in [1.54, 1.807) is 0 Å². The molecule has 1 aliphatic rings. The van der Waals surface area contributed by atoms with Crippen molar-refractivity contribution < 1.29 is 4.74 Å². The van der Waals surface area contributed by atoms with Gasteiger partial charge in [0.15, 0.2) is 11.8 Å². The summed E-state index contributed by atoms with van der Waals surface area (Å²) >= 11 is 0. The topological polar surface area (TPSA) is 79.6 Å². The van der Waals surface area contributed by atoms with Crippen LogP contribution in [-0.4, -0.2) is 71.6 Å². The molecule has 1 aromatic rings. The zero-order valence-electron chi connectivity index (χ0n) is 17.7.